The molecule has 1 aliphatic heterocycles. The summed E-state index contributed by atoms with van der Waals surface area (Å²) in [4.78, 5) is 18.8. The van der Waals surface area contributed by atoms with Gasteiger partial charge in [0.2, 0.25) is 5.91 Å². The molecule has 6 atom stereocenters. The lowest BCUT2D eigenvalue weighted by molar-refractivity contribution is -0.233. The number of amides is 1. The third-order valence-electron chi connectivity index (χ3n) is 6.87. The molecule has 1 aromatic heterocycles. The van der Waals surface area contributed by atoms with Gasteiger partial charge in [0, 0.05) is 24.3 Å². The van der Waals surface area contributed by atoms with E-state index in [1.165, 1.54) is 13.1 Å². The first kappa shape index (κ1) is 24.6. The van der Waals surface area contributed by atoms with Crippen molar-refractivity contribution in [2.45, 2.75) is 70.4 Å². The molecule has 0 spiro atoms. The number of halogens is 5. The van der Waals surface area contributed by atoms with Crippen LogP contribution in [0.5, 0.6) is 0 Å². The van der Waals surface area contributed by atoms with Gasteiger partial charge in [-0.05, 0) is 50.9 Å². The highest BCUT2D eigenvalue weighted by Gasteiger charge is 2.51. The molecular weight excluding hydrogens is 456 g/mol. The molecule has 31 heavy (non-hydrogen) atoms. The minimum Gasteiger partial charge on any atom is -0.387 e. The Morgan fingerprint density at radius 1 is 1.26 bits per heavy atom. The number of pyridine rings is 1. The van der Waals surface area contributed by atoms with Crippen molar-refractivity contribution in [3.63, 3.8) is 0 Å². The summed E-state index contributed by atoms with van der Waals surface area (Å²) in [5, 5.41) is 20.1. The largest absolute Gasteiger partial charge is 0.414 e. The monoisotopic (exact) mass is 482 g/mol. The number of likely N-dealkylation sites (tertiary alicyclic amines) is 1. The Balaban J connectivity index is 1.77. The van der Waals surface area contributed by atoms with E-state index in [0.717, 1.165) is 6.42 Å². The van der Waals surface area contributed by atoms with E-state index in [4.69, 9.17) is 23.2 Å². The first-order valence-electron chi connectivity index (χ1n) is 10.5. The van der Waals surface area contributed by atoms with Crippen LogP contribution in [0.15, 0.2) is 6.20 Å². The Bertz CT molecular complexity index is 822. The van der Waals surface area contributed by atoms with E-state index < -0.39 is 24.3 Å². The van der Waals surface area contributed by atoms with Crippen LogP contribution in [-0.4, -0.2) is 50.9 Å². The highest BCUT2D eigenvalue weighted by atomic mass is 35.5. The van der Waals surface area contributed by atoms with Gasteiger partial charge in [-0.15, -0.1) is 0 Å². The zero-order valence-corrected chi connectivity index (χ0v) is 18.9. The van der Waals surface area contributed by atoms with Crippen LogP contribution in [0.2, 0.25) is 10.0 Å². The molecule has 2 N–H and O–H groups in total. The van der Waals surface area contributed by atoms with Crippen LogP contribution in [0, 0.1) is 17.8 Å². The van der Waals surface area contributed by atoms with Gasteiger partial charge in [-0.2, -0.15) is 13.2 Å². The average molecular weight is 483 g/mol. The smallest absolute Gasteiger partial charge is 0.387 e. The number of aromatic nitrogens is 1. The first-order chi connectivity index (χ1) is 14.4. The van der Waals surface area contributed by atoms with Gasteiger partial charge in [-0.1, -0.05) is 29.6 Å². The van der Waals surface area contributed by atoms with Gasteiger partial charge in [0.05, 0.1) is 28.3 Å². The Hall–Kier alpha value is -1.09. The maximum absolute atomic E-state index is 13.1. The third-order valence-corrected chi connectivity index (χ3v) is 7.62. The Labute approximate surface area is 189 Å². The van der Waals surface area contributed by atoms with E-state index in [0.29, 0.717) is 31.4 Å². The molecule has 3 rings (SSSR count). The van der Waals surface area contributed by atoms with Crippen LogP contribution in [0.1, 0.15) is 56.9 Å². The van der Waals surface area contributed by atoms with Crippen LogP contribution in [0.4, 0.5) is 13.2 Å². The molecule has 1 saturated carbocycles. The van der Waals surface area contributed by atoms with Gasteiger partial charge in [0.15, 0.2) is 6.10 Å². The molecule has 1 amide bonds. The molecule has 0 unspecified atom stereocenters. The molecular formula is C21H27Cl2F3N2O3. The summed E-state index contributed by atoms with van der Waals surface area (Å²) >= 11 is 12.5. The van der Waals surface area contributed by atoms with E-state index in [1.54, 1.807) is 4.90 Å². The van der Waals surface area contributed by atoms with Crippen LogP contribution >= 0.6 is 23.2 Å². The molecule has 0 bridgehead atoms. The lowest BCUT2D eigenvalue weighted by atomic mass is 9.64. The maximum Gasteiger partial charge on any atom is 0.414 e. The van der Waals surface area contributed by atoms with Crippen LogP contribution < -0.4 is 0 Å². The lowest BCUT2D eigenvalue weighted by Crippen LogP contribution is -2.55. The molecule has 2 aliphatic rings. The lowest BCUT2D eigenvalue weighted by Gasteiger charge is -2.50. The van der Waals surface area contributed by atoms with Crippen LogP contribution in [0.3, 0.4) is 0 Å². The summed E-state index contributed by atoms with van der Waals surface area (Å²) in [5.74, 6) is -1.45. The molecule has 1 aromatic rings. The van der Waals surface area contributed by atoms with E-state index in [2.05, 4.69) is 4.98 Å². The molecule has 10 heteroatoms. The fourth-order valence-corrected chi connectivity index (χ4v) is 5.93. The Kier molecular flexibility index (Phi) is 7.46. The van der Waals surface area contributed by atoms with Gasteiger partial charge in [0.25, 0.3) is 0 Å². The van der Waals surface area contributed by atoms with E-state index in [9.17, 15) is 28.2 Å². The van der Waals surface area contributed by atoms with E-state index in [-0.39, 0.29) is 45.9 Å². The van der Waals surface area contributed by atoms with Crippen LogP contribution in [-0.2, 0) is 11.2 Å². The second-order valence-electron chi connectivity index (χ2n) is 8.66. The topological polar surface area (TPSA) is 73.7 Å². The van der Waals surface area contributed by atoms with Crippen molar-refractivity contribution in [3.8, 4) is 0 Å². The number of aliphatic hydroxyl groups excluding tert-OH is 2. The summed E-state index contributed by atoms with van der Waals surface area (Å²) in [7, 11) is 0. The third kappa shape index (κ3) is 4.97. The standard InChI is InChI=1S/C21H27Cl2F3N2O3/c1-10-12-4-3-5-14(20(31)21(24,25)26)13(12)6-7-28(10)17(30)8-15-16(22)9-27-19(11(2)29)18(15)23/h9-14,20,29,31H,3-8H2,1-2H3/t10-,11+,12+,13+,14+,20-/m0/s1. The number of carbonyl (C=O) groups is 1. The number of nitrogens with zero attached hydrogens (tertiary/aromatic N) is 2. The Morgan fingerprint density at radius 2 is 1.94 bits per heavy atom. The fourth-order valence-electron chi connectivity index (χ4n) is 5.30. The van der Waals surface area contributed by atoms with E-state index >= 15 is 0 Å². The molecule has 1 aliphatic carbocycles. The number of fused-ring (bicyclic) bond motifs is 1. The van der Waals surface area contributed by atoms with Gasteiger partial charge < -0.3 is 15.1 Å². The fraction of sp³-hybridized carbons (Fsp3) is 0.714. The number of alkyl halides is 3. The molecule has 174 valence electrons. The van der Waals surface area contributed by atoms with Crippen molar-refractivity contribution in [1.29, 1.82) is 0 Å². The zero-order valence-electron chi connectivity index (χ0n) is 17.4. The summed E-state index contributed by atoms with van der Waals surface area (Å²) in [6, 6.07) is -0.259. The number of piperidine rings is 1. The number of carbonyl (C=O) groups excluding carboxylic acids is 1. The van der Waals surface area contributed by atoms with Gasteiger partial charge in [0.1, 0.15) is 0 Å². The van der Waals surface area contributed by atoms with Crippen molar-refractivity contribution >= 4 is 29.1 Å². The van der Waals surface area contributed by atoms with Crippen molar-refractivity contribution in [1.82, 2.24) is 9.88 Å². The summed E-state index contributed by atoms with van der Waals surface area (Å²) in [5.41, 5.74) is 0.611. The number of hydrogen-bond acceptors (Lipinski definition) is 4. The van der Waals surface area contributed by atoms with Crippen molar-refractivity contribution in [3.05, 3.63) is 27.5 Å². The molecule has 5 nitrogen and oxygen atoms in total. The predicted molar refractivity (Wildman–Crippen MR) is 111 cm³/mol. The number of rotatable bonds is 4. The molecule has 1 saturated heterocycles. The van der Waals surface area contributed by atoms with Crippen molar-refractivity contribution in [2.75, 3.05) is 6.54 Å². The van der Waals surface area contributed by atoms with Crippen molar-refractivity contribution < 1.29 is 28.2 Å². The quantitative estimate of drug-likeness (QED) is 0.659. The van der Waals surface area contributed by atoms with Crippen LogP contribution in [0.25, 0.3) is 0 Å². The second-order valence-corrected chi connectivity index (χ2v) is 9.45. The second kappa shape index (κ2) is 9.41. The maximum atomic E-state index is 13.1. The van der Waals surface area contributed by atoms with Gasteiger partial charge >= 0.3 is 6.18 Å². The minimum atomic E-state index is -4.64. The summed E-state index contributed by atoms with van der Waals surface area (Å²) in [6.07, 6.45) is -4.57. The number of hydrogen-bond donors (Lipinski definition) is 2. The number of aliphatic hydroxyl groups is 2. The van der Waals surface area contributed by atoms with Gasteiger partial charge in [-0.3, -0.25) is 9.78 Å². The normalized spacial score (nSPS) is 28.7. The van der Waals surface area contributed by atoms with E-state index in [1.807, 2.05) is 6.92 Å². The highest BCUT2D eigenvalue weighted by Crippen LogP contribution is 2.47. The average Bonchev–Trinajstić information content (AvgIpc) is 2.69. The van der Waals surface area contributed by atoms with Gasteiger partial charge in [-0.25, -0.2) is 0 Å². The first-order valence-corrected chi connectivity index (χ1v) is 11.2. The zero-order chi connectivity index (χ0) is 23.1. The van der Waals surface area contributed by atoms with Crippen molar-refractivity contribution in [2.24, 2.45) is 17.8 Å². The summed E-state index contributed by atoms with van der Waals surface area (Å²) < 4.78 is 39.4. The molecule has 2 heterocycles. The molecule has 0 aromatic carbocycles. The SMILES string of the molecule is C[C@@H](O)c1ncc(Cl)c(CC(=O)N2CC[C@H]3[C@H]([C@H](O)C(F)(F)F)CCC[C@@H]3[C@@H]2C)c1Cl. The minimum absolute atomic E-state index is 0.0871. The summed E-state index contributed by atoms with van der Waals surface area (Å²) in [6.45, 7) is 3.68. The highest BCUT2D eigenvalue weighted by molar-refractivity contribution is 6.36. The molecule has 0 radical (unpaired) electrons. The molecule has 2 fully saturated rings. The predicted octanol–water partition coefficient (Wildman–Crippen LogP) is 4.56. The Morgan fingerprint density at radius 3 is 2.55 bits per heavy atom.